The van der Waals surface area contributed by atoms with Crippen molar-refractivity contribution < 1.29 is 28.2 Å². The Hall–Kier alpha value is -1.68. The van der Waals surface area contributed by atoms with Gasteiger partial charge < -0.3 is 20.3 Å². The molecule has 8 nitrogen and oxygen atoms in total. The number of aliphatic hydroxyl groups is 1. The topological polar surface area (TPSA) is 125 Å². The van der Waals surface area contributed by atoms with E-state index in [0.717, 1.165) is 18.9 Å². The minimum Gasteiger partial charge on any atom is -0.478 e. The summed E-state index contributed by atoms with van der Waals surface area (Å²) in [4.78, 5) is 11.3. The molecule has 1 fully saturated rings. The number of carboxylic acid groups (broad SMARTS) is 1. The fourth-order valence-corrected chi connectivity index (χ4v) is 3.51. The number of hydrogen-bond donors (Lipinski definition) is 4. The third kappa shape index (κ3) is 4.91. The number of anilines is 1. The van der Waals surface area contributed by atoms with Crippen LogP contribution in [0.25, 0.3) is 0 Å². The van der Waals surface area contributed by atoms with Crippen LogP contribution < -0.4 is 10.0 Å². The van der Waals surface area contributed by atoms with Crippen molar-refractivity contribution in [1.82, 2.24) is 4.72 Å². The van der Waals surface area contributed by atoms with Gasteiger partial charge in [0.15, 0.2) is 0 Å². The summed E-state index contributed by atoms with van der Waals surface area (Å²) in [6, 6.07) is 3.90. The second-order valence-electron chi connectivity index (χ2n) is 5.50. The number of nitrogens with one attached hydrogen (secondary N) is 2. The molecule has 0 unspecified atom stereocenters. The van der Waals surface area contributed by atoms with Gasteiger partial charge in [-0.15, -0.1) is 0 Å². The van der Waals surface area contributed by atoms with Crippen LogP contribution in [0.1, 0.15) is 29.6 Å². The van der Waals surface area contributed by atoms with Gasteiger partial charge in [0.1, 0.15) is 0 Å². The molecule has 0 aromatic heterocycles. The monoisotopic (exact) mass is 358 g/mol. The van der Waals surface area contributed by atoms with Gasteiger partial charge in [-0.25, -0.2) is 17.9 Å². The molecule has 1 aliphatic heterocycles. The predicted molar refractivity (Wildman–Crippen MR) is 87.8 cm³/mol. The number of aromatic carboxylic acids is 1. The summed E-state index contributed by atoms with van der Waals surface area (Å²) in [5.74, 6) is -1.22. The van der Waals surface area contributed by atoms with Crippen LogP contribution in [0.15, 0.2) is 23.1 Å². The van der Waals surface area contributed by atoms with Gasteiger partial charge in [0.2, 0.25) is 10.0 Å². The normalized spacial score (nSPS) is 17.8. The number of ether oxygens (including phenoxy) is 1. The maximum Gasteiger partial charge on any atom is 0.337 e. The second kappa shape index (κ2) is 8.43. The van der Waals surface area contributed by atoms with Crippen LogP contribution in [-0.4, -0.2) is 57.0 Å². The lowest BCUT2D eigenvalue weighted by atomic mass is 10.2. The van der Waals surface area contributed by atoms with E-state index in [9.17, 15) is 18.3 Å². The smallest absolute Gasteiger partial charge is 0.337 e. The zero-order chi connectivity index (χ0) is 17.6. The molecule has 0 amide bonds. The predicted octanol–water partition coefficient (Wildman–Crippen LogP) is 0.636. The van der Waals surface area contributed by atoms with Crippen molar-refractivity contribution in [3.8, 4) is 0 Å². The van der Waals surface area contributed by atoms with Crippen molar-refractivity contribution in [2.45, 2.75) is 30.3 Å². The Morgan fingerprint density at radius 1 is 1.38 bits per heavy atom. The van der Waals surface area contributed by atoms with Gasteiger partial charge in [0.25, 0.3) is 0 Å². The van der Waals surface area contributed by atoms with Crippen LogP contribution in [0.4, 0.5) is 5.69 Å². The maximum absolute atomic E-state index is 12.3. The summed E-state index contributed by atoms with van der Waals surface area (Å²) in [6.45, 7) is 1.17. The molecule has 0 spiro atoms. The molecule has 0 aliphatic carbocycles. The van der Waals surface area contributed by atoms with E-state index in [1.807, 2.05) is 0 Å². The molecule has 1 saturated heterocycles. The third-order valence-electron chi connectivity index (χ3n) is 3.71. The minimum atomic E-state index is -3.81. The molecule has 1 aromatic carbocycles. The first kappa shape index (κ1) is 18.7. The van der Waals surface area contributed by atoms with Crippen molar-refractivity contribution in [3.63, 3.8) is 0 Å². The van der Waals surface area contributed by atoms with Crippen molar-refractivity contribution in [1.29, 1.82) is 0 Å². The van der Waals surface area contributed by atoms with Crippen LogP contribution in [0.5, 0.6) is 0 Å². The highest BCUT2D eigenvalue weighted by atomic mass is 32.2. The molecule has 1 aromatic rings. The average molecular weight is 358 g/mol. The first-order valence-corrected chi connectivity index (χ1v) is 9.25. The van der Waals surface area contributed by atoms with E-state index >= 15 is 0 Å². The van der Waals surface area contributed by atoms with Crippen molar-refractivity contribution in [3.05, 3.63) is 23.8 Å². The lowest BCUT2D eigenvalue weighted by molar-refractivity contribution is 0.0697. The van der Waals surface area contributed by atoms with E-state index in [4.69, 9.17) is 9.84 Å². The largest absolute Gasteiger partial charge is 0.478 e. The summed E-state index contributed by atoms with van der Waals surface area (Å²) in [7, 11) is -3.81. The molecule has 1 heterocycles. The van der Waals surface area contributed by atoms with Gasteiger partial charge in [0, 0.05) is 32.0 Å². The first-order valence-electron chi connectivity index (χ1n) is 7.77. The lowest BCUT2D eigenvalue weighted by Gasteiger charge is -2.13. The Balaban J connectivity index is 2.13. The van der Waals surface area contributed by atoms with Crippen molar-refractivity contribution in [2.75, 3.05) is 31.6 Å². The van der Waals surface area contributed by atoms with Gasteiger partial charge in [0.05, 0.1) is 16.6 Å². The molecule has 24 heavy (non-hydrogen) atoms. The van der Waals surface area contributed by atoms with Crippen LogP contribution in [0.2, 0.25) is 0 Å². The molecular formula is C15H22N2O6S. The lowest BCUT2D eigenvalue weighted by Crippen LogP contribution is -2.32. The van der Waals surface area contributed by atoms with E-state index in [1.165, 1.54) is 12.1 Å². The molecule has 4 N–H and O–H groups in total. The number of hydrogen-bond acceptors (Lipinski definition) is 6. The van der Waals surface area contributed by atoms with Crippen molar-refractivity contribution in [2.24, 2.45) is 0 Å². The van der Waals surface area contributed by atoms with Crippen molar-refractivity contribution >= 4 is 21.7 Å². The van der Waals surface area contributed by atoms with Crippen LogP contribution in [-0.2, 0) is 14.8 Å². The molecular weight excluding hydrogens is 336 g/mol. The summed E-state index contributed by atoms with van der Waals surface area (Å²) in [5.41, 5.74) is 0.182. The van der Waals surface area contributed by atoms with Gasteiger partial charge in [-0.05, 0) is 37.5 Å². The van der Waals surface area contributed by atoms with E-state index in [2.05, 4.69) is 10.0 Å². The SMILES string of the molecule is O=C(O)c1cc(S(=O)(=O)NC[C@@H]2CCCO2)ccc1NCCCO. The molecule has 0 bridgehead atoms. The van der Waals surface area contributed by atoms with Gasteiger partial charge in [-0.2, -0.15) is 0 Å². The number of rotatable bonds is 9. The van der Waals surface area contributed by atoms with Crippen LogP contribution in [0.3, 0.4) is 0 Å². The maximum atomic E-state index is 12.3. The van der Waals surface area contributed by atoms with Gasteiger partial charge in [-0.3, -0.25) is 0 Å². The van der Waals surface area contributed by atoms with E-state index in [-0.39, 0.29) is 29.7 Å². The van der Waals surface area contributed by atoms with Crippen LogP contribution >= 0.6 is 0 Å². The van der Waals surface area contributed by atoms with Crippen LogP contribution in [0, 0.1) is 0 Å². The Morgan fingerprint density at radius 2 is 2.17 bits per heavy atom. The highest BCUT2D eigenvalue weighted by Crippen LogP contribution is 2.21. The first-order chi connectivity index (χ1) is 11.4. The average Bonchev–Trinajstić information content (AvgIpc) is 3.07. The number of carbonyl (C=O) groups is 1. The zero-order valence-corrected chi connectivity index (χ0v) is 14.0. The number of aliphatic hydroxyl groups excluding tert-OH is 1. The standard InChI is InChI=1S/C15H22N2O6S/c18-7-2-6-16-14-5-4-12(9-13(14)15(19)20)24(21,22)17-10-11-3-1-8-23-11/h4-5,9,11,16-18H,1-3,6-8,10H2,(H,19,20)/t11-/m0/s1. The Bertz CT molecular complexity index is 671. The highest BCUT2D eigenvalue weighted by molar-refractivity contribution is 7.89. The summed E-state index contributed by atoms with van der Waals surface area (Å²) in [6.07, 6.45) is 2.03. The quantitative estimate of drug-likeness (QED) is 0.477. The second-order valence-corrected chi connectivity index (χ2v) is 7.27. The fraction of sp³-hybridized carbons (Fsp3) is 0.533. The number of benzene rings is 1. The minimum absolute atomic E-state index is 0.0188. The fourth-order valence-electron chi connectivity index (χ4n) is 2.42. The Labute approximate surface area is 140 Å². The third-order valence-corrected chi connectivity index (χ3v) is 5.13. The van der Waals surface area contributed by atoms with Gasteiger partial charge >= 0.3 is 5.97 Å². The summed E-state index contributed by atoms with van der Waals surface area (Å²) in [5, 5.41) is 20.9. The summed E-state index contributed by atoms with van der Waals surface area (Å²) >= 11 is 0. The number of carboxylic acids is 1. The van der Waals surface area contributed by atoms with E-state index < -0.39 is 16.0 Å². The molecule has 1 atom stereocenters. The molecule has 9 heteroatoms. The summed E-state index contributed by atoms with van der Waals surface area (Å²) < 4.78 is 32.5. The number of sulfonamides is 1. The Morgan fingerprint density at radius 3 is 2.79 bits per heavy atom. The van der Waals surface area contributed by atoms with Gasteiger partial charge in [-0.1, -0.05) is 0 Å². The van der Waals surface area contributed by atoms with E-state index in [1.54, 1.807) is 0 Å². The Kier molecular flexibility index (Phi) is 6.55. The highest BCUT2D eigenvalue weighted by Gasteiger charge is 2.22. The molecule has 0 radical (unpaired) electrons. The molecule has 1 aliphatic rings. The molecule has 134 valence electrons. The van der Waals surface area contributed by atoms with E-state index in [0.29, 0.717) is 25.3 Å². The molecule has 0 saturated carbocycles. The molecule has 2 rings (SSSR count). The zero-order valence-electron chi connectivity index (χ0n) is 13.2.